The van der Waals surface area contributed by atoms with Crippen molar-refractivity contribution in [2.75, 3.05) is 34.2 Å². The smallest absolute Gasteiger partial charge is 0.329 e. The van der Waals surface area contributed by atoms with Crippen LogP contribution in [0.3, 0.4) is 0 Å². The lowest BCUT2D eigenvalue weighted by molar-refractivity contribution is -0.169. The van der Waals surface area contributed by atoms with Crippen molar-refractivity contribution in [3.8, 4) is 11.8 Å². The van der Waals surface area contributed by atoms with E-state index in [1.807, 2.05) is 32.8 Å². The van der Waals surface area contributed by atoms with E-state index in [0.717, 1.165) is 4.90 Å². The molecule has 0 N–H and O–H groups in total. The SMILES string of the molecule is CC(C)[C@@H](C(=O)OC(C)(C)C)N(C)C(=O)C1(F)CCN(C(=O)C#CC(C)(C)N(C)C)CC1. The maximum atomic E-state index is 15.6. The molecule has 0 spiro atoms. The number of likely N-dealkylation sites (N-methyl/N-ethyl adjacent to an activating group) is 1. The molecule has 0 bridgehead atoms. The monoisotopic (exact) mass is 453 g/mol. The third-order valence-corrected chi connectivity index (χ3v) is 5.84. The predicted molar refractivity (Wildman–Crippen MR) is 122 cm³/mol. The van der Waals surface area contributed by atoms with Crippen LogP contribution >= 0.6 is 0 Å². The molecule has 1 aliphatic rings. The van der Waals surface area contributed by atoms with Crippen LogP contribution in [-0.2, 0) is 19.1 Å². The van der Waals surface area contributed by atoms with Gasteiger partial charge in [-0.25, -0.2) is 9.18 Å². The van der Waals surface area contributed by atoms with Gasteiger partial charge in [-0.2, -0.15) is 0 Å². The van der Waals surface area contributed by atoms with E-state index in [-0.39, 0.29) is 37.8 Å². The molecule has 0 radical (unpaired) electrons. The van der Waals surface area contributed by atoms with Crippen molar-refractivity contribution < 1.29 is 23.5 Å². The summed E-state index contributed by atoms with van der Waals surface area (Å²) in [5, 5.41) is 0. The Kier molecular flexibility index (Phi) is 8.89. The number of hydrogen-bond donors (Lipinski definition) is 0. The van der Waals surface area contributed by atoms with Crippen molar-refractivity contribution in [3.63, 3.8) is 0 Å². The van der Waals surface area contributed by atoms with E-state index in [1.54, 1.807) is 34.6 Å². The highest BCUT2D eigenvalue weighted by atomic mass is 19.1. The Labute approximate surface area is 192 Å². The molecule has 0 unspecified atom stereocenters. The molecule has 182 valence electrons. The fourth-order valence-corrected chi connectivity index (χ4v) is 3.36. The summed E-state index contributed by atoms with van der Waals surface area (Å²) in [7, 11) is 5.19. The molecule has 0 aromatic carbocycles. The highest BCUT2D eigenvalue weighted by Gasteiger charge is 2.47. The number of nitrogens with zero attached hydrogens (tertiary/aromatic N) is 3. The second-order valence-electron chi connectivity index (χ2n) is 10.6. The Bertz CT molecular complexity index is 766. The number of piperidine rings is 1. The van der Waals surface area contributed by atoms with Crippen LogP contribution < -0.4 is 0 Å². The summed E-state index contributed by atoms with van der Waals surface area (Å²) in [6.45, 7) is 12.8. The highest BCUT2D eigenvalue weighted by molar-refractivity contribution is 5.94. The minimum atomic E-state index is -2.14. The quantitative estimate of drug-likeness (QED) is 0.473. The number of ether oxygens (including phenoxy) is 1. The summed E-state index contributed by atoms with van der Waals surface area (Å²) in [6.07, 6.45) is -0.278. The van der Waals surface area contributed by atoms with Gasteiger partial charge >= 0.3 is 5.97 Å². The van der Waals surface area contributed by atoms with E-state index in [9.17, 15) is 14.4 Å². The minimum Gasteiger partial charge on any atom is -0.458 e. The van der Waals surface area contributed by atoms with Gasteiger partial charge in [-0.05, 0) is 60.6 Å². The molecule has 7 nitrogen and oxygen atoms in total. The summed E-state index contributed by atoms with van der Waals surface area (Å²) in [5.41, 5.74) is -3.33. The molecule has 1 saturated heterocycles. The lowest BCUT2D eigenvalue weighted by Crippen LogP contribution is -2.57. The van der Waals surface area contributed by atoms with E-state index in [4.69, 9.17) is 4.74 Å². The van der Waals surface area contributed by atoms with E-state index in [1.165, 1.54) is 11.9 Å². The van der Waals surface area contributed by atoms with Crippen LogP contribution in [-0.4, -0.2) is 89.6 Å². The van der Waals surface area contributed by atoms with Gasteiger partial charge in [0.1, 0.15) is 11.6 Å². The average molecular weight is 454 g/mol. The number of likely N-dealkylation sites (tertiary alicyclic amines) is 1. The molecule has 8 heteroatoms. The fraction of sp³-hybridized carbons (Fsp3) is 0.792. The second kappa shape index (κ2) is 10.2. The van der Waals surface area contributed by atoms with Gasteiger partial charge in [0.05, 0.1) is 5.54 Å². The van der Waals surface area contributed by atoms with E-state index in [2.05, 4.69) is 11.8 Å². The Morgan fingerprint density at radius 2 is 1.53 bits per heavy atom. The Hall–Kier alpha value is -2.14. The minimum absolute atomic E-state index is 0.0881. The Balaban J connectivity index is 2.89. The topological polar surface area (TPSA) is 70.2 Å². The third-order valence-electron chi connectivity index (χ3n) is 5.84. The van der Waals surface area contributed by atoms with Crippen molar-refractivity contribution in [1.82, 2.24) is 14.7 Å². The standard InChI is InChI=1S/C24H40FN3O4/c1-17(2)19(20(30)32-22(3,4)5)27(10)21(31)24(25)13-15-28(16-14-24)18(29)11-12-23(6,7)26(8)9/h17,19H,13-16H2,1-10H3/t19-/m0/s1. The van der Waals surface area contributed by atoms with E-state index < -0.39 is 34.7 Å². The van der Waals surface area contributed by atoms with E-state index >= 15 is 4.39 Å². The molecule has 1 heterocycles. The van der Waals surface area contributed by atoms with Crippen molar-refractivity contribution in [1.29, 1.82) is 0 Å². The summed E-state index contributed by atoms with van der Waals surface area (Å²) >= 11 is 0. The van der Waals surface area contributed by atoms with Gasteiger partial charge in [0.2, 0.25) is 0 Å². The Morgan fingerprint density at radius 1 is 1.03 bits per heavy atom. The zero-order valence-corrected chi connectivity index (χ0v) is 21.3. The number of rotatable bonds is 5. The summed E-state index contributed by atoms with van der Waals surface area (Å²) in [4.78, 5) is 42.7. The first-order valence-corrected chi connectivity index (χ1v) is 11.1. The molecule has 0 aliphatic carbocycles. The molecule has 0 aromatic heterocycles. The number of halogens is 1. The summed E-state index contributed by atoms with van der Waals surface area (Å²) in [6, 6.07) is -0.895. The van der Waals surface area contributed by atoms with Crippen molar-refractivity contribution in [3.05, 3.63) is 0 Å². The first-order chi connectivity index (χ1) is 14.4. The highest BCUT2D eigenvalue weighted by Crippen LogP contribution is 2.30. The number of carbonyl (C=O) groups is 3. The third kappa shape index (κ3) is 7.19. The van der Waals surface area contributed by atoms with Gasteiger partial charge < -0.3 is 14.5 Å². The zero-order valence-electron chi connectivity index (χ0n) is 21.3. The molecule has 2 amide bonds. The molecule has 0 saturated carbocycles. The summed E-state index contributed by atoms with van der Waals surface area (Å²) in [5.74, 6) is 3.64. The van der Waals surface area contributed by atoms with Gasteiger partial charge in [0, 0.05) is 33.0 Å². The van der Waals surface area contributed by atoms with Crippen LogP contribution in [0.25, 0.3) is 0 Å². The molecule has 1 aliphatic heterocycles. The average Bonchev–Trinajstić information content (AvgIpc) is 2.64. The van der Waals surface area contributed by atoms with Gasteiger partial charge in [0.15, 0.2) is 5.67 Å². The number of esters is 1. The predicted octanol–water partition coefficient (Wildman–Crippen LogP) is 2.49. The second-order valence-corrected chi connectivity index (χ2v) is 10.6. The molecule has 1 rings (SSSR count). The lowest BCUT2D eigenvalue weighted by Gasteiger charge is -2.39. The molecule has 1 fully saturated rings. The number of hydrogen-bond acceptors (Lipinski definition) is 5. The van der Waals surface area contributed by atoms with Crippen LogP contribution in [0.5, 0.6) is 0 Å². The zero-order chi connectivity index (χ0) is 25.1. The molecular weight excluding hydrogens is 413 g/mol. The molecule has 0 aromatic rings. The normalized spacial score (nSPS) is 17.5. The number of alkyl halides is 1. The maximum absolute atomic E-state index is 15.6. The van der Waals surface area contributed by atoms with Crippen LogP contribution in [0.1, 0.15) is 61.3 Å². The van der Waals surface area contributed by atoms with Crippen LogP contribution in [0.2, 0.25) is 0 Å². The van der Waals surface area contributed by atoms with Crippen LogP contribution in [0, 0.1) is 17.8 Å². The van der Waals surface area contributed by atoms with Crippen molar-refractivity contribution >= 4 is 17.8 Å². The molecule has 1 atom stereocenters. The first-order valence-electron chi connectivity index (χ1n) is 11.1. The van der Waals surface area contributed by atoms with Gasteiger partial charge in [0.25, 0.3) is 11.8 Å². The number of amides is 2. The molecule has 32 heavy (non-hydrogen) atoms. The van der Waals surface area contributed by atoms with Crippen LogP contribution in [0.4, 0.5) is 4.39 Å². The van der Waals surface area contributed by atoms with Crippen molar-refractivity contribution in [2.24, 2.45) is 5.92 Å². The van der Waals surface area contributed by atoms with Gasteiger partial charge in [-0.3, -0.25) is 14.5 Å². The largest absolute Gasteiger partial charge is 0.458 e. The maximum Gasteiger partial charge on any atom is 0.329 e. The first kappa shape index (κ1) is 27.9. The Morgan fingerprint density at radius 3 is 1.94 bits per heavy atom. The van der Waals surface area contributed by atoms with E-state index in [0.29, 0.717) is 0 Å². The van der Waals surface area contributed by atoms with Gasteiger partial charge in [-0.15, -0.1) is 0 Å². The lowest BCUT2D eigenvalue weighted by atomic mass is 9.90. The fourth-order valence-electron chi connectivity index (χ4n) is 3.36. The number of carbonyl (C=O) groups excluding carboxylic acids is 3. The van der Waals surface area contributed by atoms with Crippen molar-refractivity contribution in [2.45, 2.75) is 84.2 Å². The molecular formula is C24H40FN3O4. The summed E-state index contributed by atoms with van der Waals surface area (Å²) < 4.78 is 21.1. The van der Waals surface area contributed by atoms with Gasteiger partial charge in [-0.1, -0.05) is 19.8 Å². The van der Waals surface area contributed by atoms with Crippen LogP contribution in [0.15, 0.2) is 0 Å².